The summed E-state index contributed by atoms with van der Waals surface area (Å²) < 4.78 is 12.7. The molecule has 2 unspecified atom stereocenters. The van der Waals surface area contributed by atoms with E-state index in [2.05, 4.69) is 33.0 Å². The molecule has 0 saturated heterocycles. The molecule has 0 radical (unpaired) electrons. The van der Waals surface area contributed by atoms with Crippen LogP contribution in [0.3, 0.4) is 0 Å². The molecule has 0 aliphatic heterocycles. The van der Waals surface area contributed by atoms with Crippen molar-refractivity contribution in [3.8, 4) is 0 Å². The molecule has 0 bridgehead atoms. The van der Waals surface area contributed by atoms with Gasteiger partial charge >= 0.3 is 0 Å². The van der Waals surface area contributed by atoms with Crippen molar-refractivity contribution in [3.05, 3.63) is 35.6 Å². The molecule has 1 rings (SSSR count). The van der Waals surface area contributed by atoms with Crippen molar-refractivity contribution in [3.63, 3.8) is 0 Å². The Bertz CT molecular complexity index is 292. The lowest BCUT2D eigenvalue weighted by atomic mass is 9.94. The zero-order valence-electron chi connectivity index (χ0n) is 9.92. The number of benzene rings is 1. The topological polar surface area (TPSA) is 12.0 Å². The van der Waals surface area contributed by atoms with Crippen LogP contribution in [0.25, 0.3) is 0 Å². The molecule has 2 heteroatoms. The molecule has 0 aliphatic carbocycles. The van der Waals surface area contributed by atoms with Gasteiger partial charge in [-0.15, -0.1) is 0 Å². The predicted molar refractivity (Wildman–Crippen MR) is 62.5 cm³/mol. The Kier molecular flexibility index (Phi) is 4.28. The summed E-state index contributed by atoms with van der Waals surface area (Å²) in [5.41, 5.74) is 1.18. The Labute approximate surface area is 91.7 Å². The molecular formula is C13H20FN. The molecule has 15 heavy (non-hydrogen) atoms. The molecule has 0 heterocycles. The largest absolute Gasteiger partial charge is 0.311 e. The molecule has 0 fully saturated rings. The van der Waals surface area contributed by atoms with Crippen molar-refractivity contribution < 1.29 is 4.39 Å². The number of halogens is 1. The normalized spacial score (nSPS) is 15.3. The SMILES string of the molecule is CC(C)NC(C)C(C)c1ccc(F)cc1. The first-order valence-corrected chi connectivity index (χ1v) is 5.52. The average Bonchev–Trinajstić information content (AvgIpc) is 2.17. The third kappa shape index (κ3) is 3.63. The second-order valence-corrected chi connectivity index (χ2v) is 4.45. The van der Waals surface area contributed by atoms with E-state index in [4.69, 9.17) is 0 Å². The molecule has 0 amide bonds. The van der Waals surface area contributed by atoms with Gasteiger partial charge in [0.2, 0.25) is 0 Å². The molecule has 0 aliphatic rings. The van der Waals surface area contributed by atoms with E-state index in [1.807, 2.05) is 12.1 Å². The number of hydrogen-bond acceptors (Lipinski definition) is 1. The summed E-state index contributed by atoms with van der Waals surface area (Å²) >= 11 is 0. The average molecular weight is 209 g/mol. The number of hydrogen-bond donors (Lipinski definition) is 1. The van der Waals surface area contributed by atoms with Gasteiger partial charge in [-0.2, -0.15) is 0 Å². The number of rotatable bonds is 4. The van der Waals surface area contributed by atoms with Crippen molar-refractivity contribution in [1.29, 1.82) is 0 Å². The summed E-state index contributed by atoms with van der Waals surface area (Å²) in [6.07, 6.45) is 0. The fraction of sp³-hybridized carbons (Fsp3) is 0.538. The monoisotopic (exact) mass is 209 g/mol. The fourth-order valence-corrected chi connectivity index (χ4v) is 1.73. The Hall–Kier alpha value is -0.890. The minimum atomic E-state index is -0.171. The highest BCUT2D eigenvalue weighted by Crippen LogP contribution is 2.19. The summed E-state index contributed by atoms with van der Waals surface area (Å²) in [7, 11) is 0. The van der Waals surface area contributed by atoms with Gasteiger partial charge in [0.25, 0.3) is 0 Å². The second-order valence-electron chi connectivity index (χ2n) is 4.45. The van der Waals surface area contributed by atoms with Crippen LogP contribution >= 0.6 is 0 Å². The summed E-state index contributed by atoms with van der Waals surface area (Å²) in [6.45, 7) is 8.59. The maximum absolute atomic E-state index is 12.7. The van der Waals surface area contributed by atoms with Gasteiger partial charge in [0.15, 0.2) is 0 Å². The maximum atomic E-state index is 12.7. The van der Waals surface area contributed by atoms with E-state index in [1.54, 1.807) is 0 Å². The summed E-state index contributed by atoms with van der Waals surface area (Å²) in [4.78, 5) is 0. The van der Waals surface area contributed by atoms with Crippen LogP contribution in [-0.4, -0.2) is 12.1 Å². The molecule has 84 valence electrons. The highest BCUT2D eigenvalue weighted by atomic mass is 19.1. The van der Waals surface area contributed by atoms with E-state index in [1.165, 1.54) is 17.7 Å². The van der Waals surface area contributed by atoms with E-state index in [9.17, 15) is 4.39 Å². The Morgan fingerprint density at radius 1 is 1.00 bits per heavy atom. The van der Waals surface area contributed by atoms with Crippen LogP contribution in [0.1, 0.15) is 39.2 Å². The maximum Gasteiger partial charge on any atom is 0.123 e. The first kappa shape index (κ1) is 12.2. The number of nitrogens with one attached hydrogen (secondary N) is 1. The second kappa shape index (κ2) is 5.26. The van der Waals surface area contributed by atoms with Crippen molar-refractivity contribution in [2.75, 3.05) is 0 Å². The summed E-state index contributed by atoms with van der Waals surface area (Å²) in [5.74, 6) is 0.225. The van der Waals surface area contributed by atoms with Gasteiger partial charge in [0.1, 0.15) is 5.82 Å². The van der Waals surface area contributed by atoms with E-state index in [0.717, 1.165) is 0 Å². The van der Waals surface area contributed by atoms with Gasteiger partial charge in [-0.05, 0) is 30.5 Å². The fourth-order valence-electron chi connectivity index (χ4n) is 1.73. The Balaban J connectivity index is 2.67. The molecular weight excluding hydrogens is 189 g/mol. The van der Waals surface area contributed by atoms with Gasteiger partial charge < -0.3 is 5.32 Å². The van der Waals surface area contributed by atoms with Gasteiger partial charge in [0, 0.05) is 12.1 Å². The molecule has 0 aromatic heterocycles. The standard InChI is InChI=1S/C13H20FN/c1-9(2)15-11(4)10(3)12-5-7-13(14)8-6-12/h5-11,15H,1-4H3. The molecule has 1 aromatic carbocycles. The van der Waals surface area contributed by atoms with Crippen LogP contribution in [-0.2, 0) is 0 Å². The van der Waals surface area contributed by atoms with Crippen molar-refractivity contribution in [2.24, 2.45) is 0 Å². The van der Waals surface area contributed by atoms with Crippen molar-refractivity contribution in [1.82, 2.24) is 5.32 Å². The van der Waals surface area contributed by atoms with Crippen LogP contribution in [0.4, 0.5) is 4.39 Å². The lowest BCUT2D eigenvalue weighted by molar-refractivity contribution is 0.439. The third-order valence-corrected chi connectivity index (χ3v) is 2.74. The molecule has 2 atom stereocenters. The van der Waals surface area contributed by atoms with Crippen LogP contribution in [0.2, 0.25) is 0 Å². The quantitative estimate of drug-likeness (QED) is 0.802. The first-order chi connectivity index (χ1) is 7.00. The van der Waals surface area contributed by atoms with Crippen LogP contribution < -0.4 is 5.32 Å². The highest BCUT2D eigenvalue weighted by Gasteiger charge is 2.14. The van der Waals surface area contributed by atoms with E-state index >= 15 is 0 Å². The molecule has 1 N–H and O–H groups in total. The molecule has 1 nitrogen and oxygen atoms in total. The Morgan fingerprint density at radius 2 is 1.53 bits per heavy atom. The zero-order valence-corrected chi connectivity index (χ0v) is 9.92. The minimum absolute atomic E-state index is 0.171. The van der Waals surface area contributed by atoms with Crippen LogP contribution in [0.15, 0.2) is 24.3 Å². The van der Waals surface area contributed by atoms with Crippen LogP contribution in [0, 0.1) is 5.82 Å². The summed E-state index contributed by atoms with van der Waals surface area (Å²) in [6, 6.07) is 7.64. The Morgan fingerprint density at radius 3 is 2.00 bits per heavy atom. The van der Waals surface area contributed by atoms with Gasteiger partial charge in [-0.25, -0.2) is 4.39 Å². The summed E-state index contributed by atoms with van der Waals surface area (Å²) in [5, 5.41) is 3.46. The van der Waals surface area contributed by atoms with E-state index in [0.29, 0.717) is 18.0 Å². The van der Waals surface area contributed by atoms with Gasteiger partial charge in [0.05, 0.1) is 0 Å². The van der Waals surface area contributed by atoms with Crippen molar-refractivity contribution in [2.45, 2.75) is 45.7 Å². The third-order valence-electron chi connectivity index (χ3n) is 2.74. The molecule has 0 spiro atoms. The lowest BCUT2D eigenvalue weighted by Crippen LogP contribution is -2.36. The van der Waals surface area contributed by atoms with Crippen LogP contribution in [0.5, 0.6) is 0 Å². The lowest BCUT2D eigenvalue weighted by Gasteiger charge is -2.23. The minimum Gasteiger partial charge on any atom is -0.311 e. The highest BCUT2D eigenvalue weighted by molar-refractivity contribution is 5.21. The molecule has 0 saturated carbocycles. The van der Waals surface area contributed by atoms with Crippen molar-refractivity contribution >= 4 is 0 Å². The first-order valence-electron chi connectivity index (χ1n) is 5.52. The van der Waals surface area contributed by atoms with E-state index in [-0.39, 0.29) is 5.82 Å². The van der Waals surface area contributed by atoms with E-state index < -0.39 is 0 Å². The van der Waals surface area contributed by atoms with Gasteiger partial charge in [-0.1, -0.05) is 32.9 Å². The predicted octanol–water partition coefficient (Wildman–Crippen LogP) is 3.32. The van der Waals surface area contributed by atoms with Gasteiger partial charge in [-0.3, -0.25) is 0 Å². The molecule has 1 aromatic rings. The zero-order chi connectivity index (χ0) is 11.4. The smallest absolute Gasteiger partial charge is 0.123 e.